The summed E-state index contributed by atoms with van der Waals surface area (Å²) in [4.78, 5) is 10.9. The van der Waals surface area contributed by atoms with Crippen LogP contribution in [0.5, 0.6) is 0 Å². The van der Waals surface area contributed by atoms with Crippen LogP contribution in [0.4, 0.5) is 0 Å². The molecule has 2 nitrogen and oxygen atoms in total. The third kappa shape index (κ3) is 10.0. The first-order valence-electron chi connectivity index (χ1n) is 6.77. The molecule has 16 heavy (non-hydrogen) atoms. The predicted molar refractivity (Wildman–Crippen MR) is 68.4 cm³/mol. The zero-order valence-electron chi connectivity index (χ0n) is 11.3. The number of rotatable bonds is 10. The fraction of sp³-hybridized carbons (Fsp3) is 0.929. The van der Waals surface area contributed by atoms with Crippen LogP contribution in [0.2, 0.25) is 0 Å². The summed E-state index contributed by atoms with van der Waals surface area (Å²) in [6, 6.07) is 0. The molecule has 0 saturated carbocycles. The quantitative estimate of drug-likeness (QED) is 0.411. The van der Waals surface area contributed by atoms with Crippen LogP contribution in [-0.4, -0.2) is 13.1 Å². The second kappa shape index (κ2) is 11.0. The van der Waals surface area contributed by atoms with Gasteiger partial charge in [0, 0.05) is 6.42 Å². The topological polar surface area (TPSA) is 26.3 Å². The molecule has 0 aromatic heterocycles. The first-order valence-corrected chi connectivity index (χ1v) is 6.77. The monoisotopic (exact) mass is 228 g/mol. The molecule has 0 fully saturated rings. The lowest BCUT2D eigenvalue weighted by molar-refractivity contribution is -0.140. The minimum absolute atomic E-state index is 0.0743. The van der Waals surface area contributed by atoms with Crippen molar-refractivity contribution in [3.63, 3.8) is 0 Å². The normalized spacial score (nSPS) is 12.4. The molecule has 0 aromatic carbocycles. The molecule has 0 spiro atoms. The van der Waals surface area contributed by atoms with Gasteiger partial charge in [0.05, 0.1) is 7.11 Å². The largest absolute Gasteiger partial charge is 0.469 e. The fourth-order valence-corrected chi connectivity index (χ4v) is 1.88. The average molecular weight is 228 g/mol. The standard InChI is InChI=1S/C14H28O2/c1-4-5-6-7-8-9-10-13(2)11-12-14(15)16-3/h13H,4-12H2,1-3H3. The first kappa shape index (κ1) is 15.5. The van der Waals surface area contributed by atoms with E-state index in [2.05, 4.69) is 18.6 Å². The third-order valence-electron chi connectivity index (χ3n) is 3.12. The van der Waals surface area contributed by atoms with Crippen molar-refractivity contribution in [1.82, 2.24) is 0 Å². The molecule has 1 atom stereocenters. The summed E-state index contributed by atoms with van der Waals surface area (Å²) < 4.78 is 4.63. The predicted octanol–water partition coefficient (Wildman–Crippen LogP) is 4.33. The van der Waals surface area contributed by atoms with Gasteiger partial charge >= 0.3 is 5.97 Å². The molecule has 0 bridgehead atoms. The van der Waals surface area contributed by atoms with E-state index in [0.717, 1.165) is 6.42 Å². The van der Waals surface area contributed by atoms with Gasteiger partial charge < -0.3 is 4.74 Å². The average Bonchev–Trinajstić information content (AvgIpc) is 2.30. The van der Waals surface area contributed by atoms with E-state index < -0.39 is 0 Å². The molecule has 0 rings (SSSR count). The lowest BCUT2D eigenvalue weighted by atomic mass is 9.97. The van der Waals surface area contributed by atoms with E-state index in [-0.39, 0.29) is 5.97 Å². The molecular weight excluding hydrogens is 200 g/mol. The zero-order chi connectivity index (χ0) is 12.2. The number of hydrogen-bond acceptors (Lipinski definition) is 2. The van der Waals surface area contributed by atoms with Crippen LogP contribution in [-0.2, 0) is 9.53 Å². The van der Waals surface area contributed by atoms with Crippen LogP contribution in [0.1, 0.15) is 71.6 Å². The number of carbonyl (C=O) groups is 1. The summed E-state index contributed by atoms with van der Waals surface area (Å²) in [6.07, 6.45) is 10.9. The van der Waals surface area contributed by atoms with Gasteiger partial charge in [0.15, 0.2) is 0 Å². The Hall–Kier alpha value is -0.530. The van der Waals surface area contributed by atoms with Crippen LogP contribution >= 0.6 is 0 Å². The molecule has 1 unspecified atom stereocenters. The first-order chi connectivity index (χ1) is 7.70. The van der Waals surface area contributed by atoms with Crippen molar-refractivity contribution >= 4 is 5.97 Å². The summed E-state index contributed by atoms with van der Waals surface area (Å²) in [7, 11) is 1.46. The van der Waals surface area contributed by atoms with E-state index in [1.807, 2.05) is 0 Å². The van der Waals surface area contributed by atoms with Gasteiger partial charge in [0.1, 0.15) is 0 Å². The van der Waals surface area contributed by atoms with Gasteiger partial charge in [0.2, 0.25) is 0 Å². The van der Waals surface area contributed by atoms with Crippen LogP contribution < -0.4 is 0 Å². The van der Waals surface area contributed by atoms with Gasteiger partial charge in [-0.15, -0.1) is 0 Å². The lowest BCUT2D eigenvalue weighted by Gasteiger charge is -2.09. The Morgan fingerprint density at radius 2 is 1.69 bits per heavy atom. The summed E-state index contributed by atoms with van der Waals surface area (Å²) in [5.74, 6) is 0.583. The molecule has 0 saturated heterocycles. The van der Waals surface area contributed by atoms with Gasteiger partial charge in [0.25, 0.3) is 0 Å². The van der Waals surface area contributed by atoms with E-state index >= 15 is 0 Å². The van der Waals surface area contributed by atoms with Crippen LogP contribution in [0, 0.1) is 5.92 Å². The highest BCUT2D eigenvalue weighted by Gasteiger charge is 2.06. The smallest absolute Gasteiger partial charge is 0.305 e. The maximum atomic E-state index is 10.9. The highest BCUT2D eigenvalue weighted by Crippen LogP contribution is 2.16. The summed E-state index contributed by atoms with van der Waals surface area (Å²) in [5.41, 5.74) is 0. The van der Waals surface area contributed by atoms with E-state index in [4.69, 9.17) is 0 Å². The summed E-state index contributed by atoms with van der Waals surface area (Å²) in [5, 5.41) is 0. The van der Waals surface area contributed by atoms with Crippen molar-refractivity contribution in [2.24, 2.45) is 5.92 Å². The Morgan fingerprint density at radius 3 is 2.31 bits per heavy atom. The Labute approximate surface area is 101 Å². The minimum atomic E-state index is -0.0743. The molecule has 0 heterocycles. The second-order valence-corrected chi connectivity index (χ2v) is 4.78. The molecule has 0 amide bonds. The summed E-state index contributed by atoms with van der Waals surface area (Å²) >= 11 is 0. The Morgan fingerprint density at radius 1 is 1.06 bits per heavy atom. The maximum Gasteiger partial charge on any atom is 0.305 e. The maximum absolute atomic E-state index is 10.9. The van der Waals surface area contributed by atoms with E-state index in [0.29, 0.717) is 12.3 Å². The molecule has 0 N–H and O–H groups in total. The molecule has 0 aliphatic carbocycles. The van der Waals surface area contributed by atoms with Gasteiger partial charge in [-0.2, -0.15) is 0 Å². The molecule has 0 aliphatic rings. The van der Waals surface area contributed by atoms with E-state index in [1.165, 1.54) is 52.1 Å². The van der Waals surface area contributed by atoms with Crippen molar-refractivity contribution in [2.75, 3.05) is 7.11 Å². The number of hydrogen-bond donors (Lipinski definition) is 0. The number of carbonyl (C=O) groups excluding carboxylic acids is 1. The SMILES string of the molecule is CCCCCCCCC(C)CCC(=O)OC. The van der Waals surface area contributed by atoms with Gasteiger partial charge in [-0.05, 0) is 12.3 Å². The van der Waals surface area contributed by atoms with E-state index in [9.17, 15) is 4.79 Å². The fourth-order valence-electron chi connectivity index (χ4n) is 1.88. The molecule has 2 heteroatoms. The number of ether oxygens (including phenoxy) is 1. The Kier molecular flexibility index (Phi) is 10.6. The molecule has 0 aliphatic heterocycles. The zero-order valence-corrected chi connectivity index (χ0v) is 11.3. The van der Waals surface area contributed by atoms with Crippen LogP contribution in [0.15, 0.2) is 0 Å². The van der Waals surface area contributed by atoms with Crippen molar-refractivity contribution in [3.05, 3.63) is 0 Å². The van der Waals surface area contributed by atoms with Crippen LogP contribution in [0.3, 0.4) is 0 Å². The highest BCUT2D eigenvalue weighted by molar-refractivity contribution is 5.69. The lowest BCUT2D eigenvalue weighted by Crippen LogP contribution is -2.04. The molecule has 96 valence electrons. The van der Waals surface area contributed by atoms with Crippen molar-refractivity contribution < 1.29 is 9.53 Å². The molecule has 0 radical (unpaired) electrons. The van der Waals surface area contributed by atoms with E-state index in [1.54, 1.807) is 0 Å². The van der Waals surface area contributed by atoms with Crippen molar-refractivity contribution in [2.45, 2.75) is 71.6 Å². The van der Waals surface area contributed by atoms with Gasteiger partial charge in [-0.25, -0.2) is 0 Å². The minimum Gasteiger partial charge on any atom is -0.469 e. The Bertz CT molecular complexity index is 166. The second-order valence-electron chi connectivity index (χ2n) is 4.78. The van der Waals surface area contributed by atoms with Gasteiger partial charge in [-0.3, -0.25) is 4.79 Å². The Balaban J connectivity index is 3.23. The number of esters is 1. The van der Waals surface area contributed by atoms with Crippen molar-refractivity contribution in [3.8, 4) is 0 Å². The molecule has 0 aromatic rings. The summed E-state index contributed by atoms with van der Waals surface area (Å²) in [6.45, 7) is 4.48. The molecular formula is C14H28O2. The van der Waals surface area contributed by atoms with Gasteiger partial charge in [-0.1, -0.05) is 58.8 Å². The third-order valence-corrected chi connectivity index (χ3v) is 3.12. The number of methoxy groups -OCH3 is 1. The number of unbranched alkanes of at least 4 members (excludes halogenated alkanes) is 5. The van der Waals surface area contributed by atoms with Crippen LogP contribution in [0.25, 0.3) is 0 Å². The van der Waals surface area contributed by atoms with Crippen molar-refractivity contribution in [1.29, 1.82) is 0 Å². The highest BCUT2D eigenvalue weighted by atomic mass is 16.5.